The van der Waals surface area contributed by atoms with Crippen molar-refractivity contribution in [3.05, 3.63) is 65.7 Å². The van der Waals surface area contributed by atoms with Crippen LogP contribution in [0.1, 0.15) is 11.1 Å². The standard InChI is InChI=1S/C17H15Si.3ClH.Ti/c1-12-6-5-9-16(13(12)2)18-17-11-10-14-7-3-4-8-15(14)17;;;;/h3-11H,1-2H3;3*1H;/q-1;;;;. The number of rotatable bonds is 2. The summed E-state index contributed by atoms with van der Waals surface area (Å²) in [6, 6.07) is 19.7. The number of benzene rings is 2. The van der Waals surface area contributed by atoms with Gasteiger partial charge in [-0.1, -0.05) is 35.0 Å². The van der Waals surface area contributed by atoms with E-state index in [0.717, 1.165) is 9.52 Å². The van der Waals surface area contributed by atoms with Crippen molar-refractivity contribution in [1.82, 2.24) is 0 Å². The molecule has 0 aliphatic carbocycles. The molecule has 0 spiro atoms. The van der Waals surface area contributed by atoms with Crippen LogP contribution in [0.15, 0.2) is 54.6 Å². The minimum absolute atomic E-state index is 0. The van der Waals surface area contributed by atoms with E-state index in [1.54, 1.807) is 0 Å². The molecule has 0 saturated heterocycles. The topological polar surface area (TPSA) is 0 Å². The Morgan fingerprint density at radius 2 is 1.50 bits per heavy atom. The minimum atomic E-state index is 0. The van der Waals surface area contributed by atoms with E-state index in [1.807, 2.05) is 0 Å². The van der Waals surface area contributed by atoms with Crippen LogP contribution >= 0.6 is 37.2 Å². The monoisotopic (exact) mass is 403 g/mol. The van der Waals surface area contributed by atoms with Gasteiger partial charge < -0.3 is 0 Å². The second-order valence-electron chi connectivity index (χ2n) is 4.71. The third-order valence-corrected chi connectivity index (χ3v) is 5.07. The number of fused-ring (bicyclic) bond motifs is 1. The molecule has 0 aliphatic heterocycles. The van der Waals surface area contributed by atoms with Gasteiger partial charge >= 0.3 is 0 Å². The Hall–Kier alpha value is -0.149. The van der Waals surface area contributed by atoms with Crippen molar-refractivity contribution in [2.75, 3.05) is 0 Å². The Balaban J connectivity index is 0. The Kier molecular flexibility index (Phi) is 11.6. The van der Waals surface area contributed by atoms with E-state index in [0.29, 0.717) is 0 Å². The summed E-state index contributed by atoms with van der Waals surface area (Å²) in [5, 5.41) is 5.67. The molecule has 5 heteroatoms. The van der Waals surface area contributed by atoms with E-state index in [4.69, 9.17) is 0 Å². The van der Waals surface area contributed by atoms with Gasteiger partial charge in [0.1, 0.15) is 0 Å². The van der Waals surface area contributed by atoms with Crippen molar-refractivity contribution in [3.63, 3.8) is 0 Å². The summed E-state index contributed by atoms with van der Waals surface area (Å²) >= 11 is 0. The van der Waals surface area contributed by atoms with Gasteiger partial charge in [-0.15, -0.1) is 71.4 Å². The quantitative estimate of drug-likeness (QED) is 0.446. The van der Waals surface area contributed by atoms with Crippen LogP contribution in [0, 0.1) is 13.8 Å². The molecule has 0 aromatic heterocycles. The summed E-state index contributed by atoms with van der Waals surface area (Å²) in [5.41, 5.74) is 2.82. The summed E-state index contributed by atoms with van der Waals surface area (Å²) in [6.07, 6.45) is 0. The Morgan fingerprint density at radius 1 is 0.818 bits per heavy atom. The first-order valence-corrected chi connectivity index (χ1v) is 7.23. The van der Waals surface area contributed by atoms with Gasteiger partial charge in [0.05, 0.1) is 9.52 Å². The molecule has 3 rings (SSSR count). The van der Waals surface area contributed by atoms with Gasteiger partial charge in [0.25, 0.3) is 0 Å². The van der Waals surface area contributed by atoms with E-state index < -0.39 is 0 Å². The molecule has 0 N–H and O–H groups in total. The molecule has 0 atom stereocenters. The number of aryl methyl sites for hydroxylation is 1. The van der Waals surface area contributed by atoms with Gasteiger partial charge in [0.15, 0.2) is 0 Å². The maximum absolute atomic E-state index is 2.27. The molecule has 0 heterocycles. The summed E-state index contributed by atoms with van der Waals surface area (Å²) in [7, 11) is 0.750. The third kappa shape index (κ3) is 4.92. The van der Waals surface area contributed by atoms with E-state index >= 15 is 0 Å². The zero-order chi connectivity index (χ0) is 12.5. The minimum Gasteiger partial charge on any atom is -0.168 e. The molecular formula is C17H18Cl3SiTi-. The van der Waals surface area contributed by atoms with Crippen LogP contribution in [0.5, 0.6) is 0 Å². The summed E-state index contributed by atoms with van der Waals surface area (Å²) < 4.78 is 0. The zero-order valence-corrected chi connectivity index (χ0v) is 17.4. The Bertz CT molecular complexity index is 710. The number of hydrogen-bond acceptors (Lipinski definition) is 0. The molecule has 0 unspecified atom stereocenters. The Morgan fingerprint density at radius 3 is 2.23 bits per heavy atom. The molecule has 0 saturated carbocycles. The van der Waals surface area contributed by atoms with Gasteiger partial charge in [-0.3, -0.25) is 0 Å². The van der Waals surface area contributed by atoms with Crippen LogP contribution in [-0.4, -0.2) is 9.52 Å². The van der Waals surface area contributed by atoms with E-state index in [-0.39, 0.29) is 58.9 Å². The van der Waals surface area contributed by atoms with Crippen molar-refractivity contribution in [2.45, 2.75) is 13.8 Å². The molecule has 3 aromatic carbocycles. The average Bonchev–Trinajstić information content (AvgIpc) is 2.79. The predicted molar refractivity (Wildman–Crippen MR) is 102 cm³/mol. The van der Waals surface area contributed by atoms with Gasteiger partial charge in [-0.25, -0.2) is 0 Å². The fourth-order valence-corrected chi connectivity index (χ4v) is 3.67. The first kappa shape index (κ1) is 24.1. The predicted octanol–water partition coefficient (Wildman–Crippen LogP) is 4.09. The molecule has 0 nitrogen and oxygen atoms in total. The van der Waals surface area contributed by atoms with Crippen LogP contribution < -0.4 is 10.4 Å². The van der Waals surface area contributed by atoms with E-state index in [1.165, 1.54) is 32.3 Å². The van der Waals surface area contributed by atoms with Crippen LogP contribution in [0.2, 0.25) is 0 Å². The maximum atomic E-state index is 2.27. The molecule has 2 radical (unpaired) electrons. The fourth-order valence-electron chi connectivity index (χ4n) is 2.29. The molecule has 0 bridgehead atoms. The summed E-state index contributed by atoms with van der Waals surface area (Å²) in [5.74, 6) is 0. The average molecular weight is 405 g/mol. The second kappa shape index (κ2) is 10.6. The first-order chi connectivity index (χ1) is 8.75. The van der Waals surface area contributed by atoms with Crippen molar-refractivity contribution in [3.8, 4) is 0 Å². The largest absolute Gasteiger partial charge is 0.168 e. The van der Waals surface area contributed by atoms with E-state index in [9.17, 15) is 0 Å². The van der Waals surface area contributed by atoms with Crippen LogP contribution in [-0.2, 0) is 21.7 Å². The van der Waals surface area contributed by atoms with Gasteiger partial charge in [0.2, 0.25) is 0 Å². The molecule has 0 amide bonds. The Labute approximate surface area is 168 Å². The SMILES string of the molecule is Cc1cccc([Si][c-]2ccc3ccccc32)c1C.Cl.Cl.Cl.[Ti]. The van der Waals surface area contributed by atoms with Crippen LogP contribution in [0.25, 0.3) is 10.8 Å². The van der Waals surface area contributed by atoms with Crippen molar-refractivity contribution in [2.24, 2.45) is 0 Å². The van der Waals surface area contributed by atoms with Gasteiger partial charge in [-0.2, -0.15) is 12.1 Å². The first-order valence-electron chi connectivity index (χ1n) is 6.23. The summed E-state index contributed by atoms with van der Waals surface area (Å²) in [6.45, 7) is 4.41. The van der Waals surface area contributed by atoms with Crippen LogP contribution in [0.4, 0.5) is 0 Å². The van der Waals surface area contributed by atoms with Crippen LogP contribution in [0.3, 0.4) is 0 Å². The molecule has 116 valence electrons. The molecule has 3 aromatic rings. The van der Waals surface area contributed by atoms with Crippen molar-refractivity contribution >= 4 is 67.9 Å². The normalized spacial score (nSPS) is 9.00. The third-order valence-electron chi connectivity index (χ3n) is 3.55. The number of halogens is 3. The van der Waals surface area contributed by atoms with E-state index in [2.05, 4.69) is 68.4 Å². The second-order valence-corrected chi connectivity index (χ2v) is 6.03. The maximum Gasteiger partial charge on any atom is 0.0585 e. The molecule has 0 aliphatic rings. The van der Waals surface area contributed by atoms with Gasteiger partial charge in [-0.05, 0) is 19.4 Å². The fraction of sp³-hybridized carbons (Fsp3) is 0.118. The van der Waals surface area contributed by atoms with Crippen molar-refractivity contribution < 1.29 is 21.7 Å². The van der Waals surface area contributed by atoms with Crippen molar-refractivity contribution in [1.29, 1.82) is 0 Å². The number of hydrogen-bond donors (Lipinski definition) is 0. The van der Waals surface area contributed by atoms with Gasteiger partial charge in [0, 0.05) is 21.7 Å². The molecule has 22 heavy (non-hydrogen) atoms. The summed E-state index contributed by atoms with van der Waals surface area (Å²) in [4.78, 5) is 0. The zero-order valence-electron chi connectivity index (χ0n) is 12.4. The molecule has 0 fully saturated rings. The molecular weight excluding hydrogens is 386 g/mol. The smallest absolute Gasteiger partial charge is 0.0585 e.